The first-order valence-corrected chi connectivity index (χ1v) is 17.9. The van der Waals surface area contributed by atoms with Gasteiger partial charge in [0.25, 0.3) is 0 Å². The summed E-state index contributed by atoms with van der Waals surface area (Å²) < 4.78 is 11.6. The number of pyridine rings is 2. The first kappa shape index (κ1) is 34.2. The van der Waals surface area contributed by atoms with E-state index in [0.29, 0.717) is 11.5 Å². The van der Waals surface area contributed by atoms with Gasteiger partial charge in [-0.3, -0.25) is 14.8 Å². The van der Waals surface area contributed by atoms with Crippen molar-refractivity contribution in [3.05, 3.63) is 181 Å². The molecule has 0 aliphatic heterocycles. The minimum Gasteiger partial charge on any atom is -0.495 e. The summed E-state index contributed by atoms with van der Waals surface area (Å²) in [5, 5.41) is 9.50. The molecule has 4 aromatic heterocycles. The fraction of sp³-hybridized carbons (Fsp3) is 0.133. The zero-order valence-corrected chi connectivity index (χ0v) is 29.9. The van der Waals surface area contributed by atoms with E-state index >= 15 is 4.79 Å². The van der Waals surface area contributed by atoms with Crippen molar-refractivity contribution < 1.29 is 14.3 Å². The summed E-state index contributed by atoms with van der Waals surface area (Å²) in [5.41, 5.74) is 6.95. The molecule has 8 rings (SSSR count). The third kappa shape index (κ3) is 6.63. The van der Waals surface area contributed by atoms with E-state index in [1.54, 1.807) is 39.0 Å². The number of hydrogen-bond acceptors (Lipinski definition) is 7. The summed E-state index contributed by atoms with van der Waals surface area (Å²) in [7, 11) is 3.31. The Labute approximate surface area is 313 Å². The Hall–Kier alpha value is -6.87. The van der Waals surface area contributed by atoms with E-state index < -0.39 is 23.9 Å². The number of nitrogens with zero attached hydrogens (tertiary/aromatic N) is 2. The number of benzene rings is 4. The standard InChI is InChI=1S/C45H40N6O3/c1-53-39-17-9-7-15-37(39)50-43(29-19-23-46-24-20-29)41(33-27-48-35-13-5-3-11-31(33)35)45(52)42(34-28-49-36-14-6-4-12-32(34)36)44(30-21-25-47-26-22-30)51-38-16-8-10-18-40(38)54-2/h3-28,41-44,48-51H,1-2H3. The highest BCUT2D eigenvalue weighted by Crippen LogP contribution is 2.47. The molecule has 0 fully saturated rings. The normalized spacial score (nSPS) is 13.5. The maximum Gasteiger partial charge on any atom is 0.152 e. The number of carbonyl (C=O) groups is 1. The van der Waals surface area contributed by atoms with E-state index in [9.17, 15) is 0 Å². The molecule has 8 aromatic rings. The van der Waals surface area contributed by atoms with Crippen molar-refractivity contribution >= 4 is 39.0 Å². The minimum absolute atomic E-state index is 0.00192. The number of ketones is 1. The van der Waals surface area contributed by atoms with Crippen molar-refractivity contribution in [3.63, 3.8) is 0 Å². The van der Waals surface area contributed by atoms with Crippen LogP contribution in [0.3, 0.4) is 0 Å². The summed E-state index contributed by atoms with van der Waals surface area (Å²) >= 11 is 0. The Kier molecular flexibility index (Phi) is 9.76. The second-order valence-corrected chi connectivity index (χ2v) is 13.1. The largest absolute Gasteiger partial charge is 0.495 e. The van der Waals surface area contributed by atoms with Crippen LogP contribution in [0.1, 0.15) is 46.2 Å². The van der Waals surface area contributed by atoms with Crippen LogP contribution < -0.4 is 20.1 Å². The average Bonchev–Trinajstić information content (AvgIpc) is 3.86. The predicted octanol–water partition coefficient (Wildman–Crippen LogP) is 9.60. The van der Waals surface area contributed by atoms with Crippen LogP contribution in [0.25, 0.3) is 21.8 Å². The number of hydrogen-bond donors (Lipinski definition) is 4. The lowest BCUT2D eigenvalue weighted by Crippen LogP contribution is -2.34. The van der Waals surface area contributed by atoms with Gasteiger partial charge in [0.2, 0.25) is 0 Å². The van der Waals surface area contributed by atoms with Gasteiger partial charge in [0.15, 0.2) is 5.78 Å². The second kappa shape index (κ2) is 15.4. The lowest BCUT2D eigenvalue weighted by molar-refractivity contribution is -0.122. The van der Waals surface area contributed by atoms with Gasteiger partial charge in [-0.25, -0.2) is 0 Å². The van der Waals surface area contributed by atoms with Gasteiger partial charge < -0.3 is 30.1 Å². The summed E-state index contributed by atoms with van der Waals surface area (Å²) in [5.74, 6) is -0.116. The summed E-state index contributed by atoms with van der Waals surface area (Å²) in [4.78, 5) is 32.1. The molecule has 4 N–H and O–H groups in total. The number of rotatable bonds is 14. The molecule has 4 aromatic carbocycles. The second-order valence-electron chi connectivity index (χ2n) is 13.1. The van der Waals surface area contributed by atoms with Crippen LogP contribution in [0.15, 0.2) is 159 Å². The molecule has 0 radical (unpaired) electrons. The number of ether oxygens (including phenoxy) is 2. The van der Waals surface area contributed by atoms with Crippen LogP contribution in [0, 0.1) is 0 Å². The Morgan fingerprint density at radius 2 is 0.926 bits per heavy atom. The summed E-state index contributed by atoms with van der Waals surface area (Å²) in [6.45, 7) is 0. The molecular formula is C45H40N6O3. The molecular weight excluding hydrogens is 673 g/mol. The highest BCUT2D eigenvalue weighted by molar-refractivity contribution is 6.01. The number of fused-ring (bicyclic) bond motifs is 2. The molecule has 0 aliphatic rings. The van der Waals surface area contributed by atoms with Gasteiger partial charge in [-0.15, -0.1) is 0 Å². The third-order valence-electron chi connectivity index (χ3n) is 10.2. The molecule has 0 amide bonds. The van der Waals surface area contributed by atoms with E-state index in [2.05, 4.69) is 42.7 Å². The number of carbonyl (C=O) groups excluding carboxylic acids is 1. The maximum absolute atomic E-state index is 16.4. The van der Waals surface area contributed by atoms with E-state index in [4.69, 9.17) is 9.47 Å². The number of aromatic amines is 2. The van der Waals surface area contributed by atoms with Gasteiger partial charge in [-0.1, -0.05) is 60.7 Å². The van der Waals surface area contributed by atoms with Crippen molar-refractivity contribution in [1.82, 2.24) is 19.9 Å². The van der Waals surface area contributed by atoms with E-state index in [-0.39, 0.29) is 5.78 Å². The van der Waals surface area contributed by atoms with Crippen LogP contribution in [-0.2, 0) is 4.79 Å². The lowest BCUT2D eigenvalue weighted by Gasteiger charge is -2.35. The molecule has 0 aliphatic carbocycles. The molecule has 54 heavy (non-hydrogen) atoms. The fourth-order valence-electron chi connectivity index (χ4n) is 7.61. The van der Waals surface area contributed by atoms with Crippen LogP contribution in [0.4, 0.5) is 11.4 Å². The van der Waals surface area contributed by atoms with E-state index in [1.165, 1.54) is 0 Å². The molecule has 0 bridgehead atoms. The van der Waals surface area contributed by atoms with E-state index in [0.717, 1.165) is 55.4 Å². The van der Waals surface area contributed by atoms with Crippen LogP contribution >= 0.6 is 0 Å². The quantitative estimate of drug-likeness (QED) is 0.0887. The minimum atomic E-state index is -0.726. The molecule has 0 saturated carbocycles. The van der Waals surface area contributed by atoms with Crippen molar-refractivity contribution in [2.24, 2.45) is 0 Å². The average molecular weight is 713 g/mol. The molecule has 268 valence electrons. The number of para-hydroxylation sites is 6. The zero-order chi connectivity index (χ0) is 36.9. The van der Waals surface area contributed by atoms with Crippen LogP contribution in [-0.4, -0.2) is 39.9 Å². The number of Topliss-reactive ketones (excluding diaryl/α,β-unsaturated/α-hetero) is 1. The molecule has 0 saturated heterocycles. The van der Waals surface area contributed by atoms with Crippen LogP contribution in [0.5, 0.6) is 11.5 Å². The smallest absolute Gasteiger partial charge is 0.152 e. The fourth-order valence-corrected chi connectivity index (χ4v) is 7.61. The highest BCUT2D eigenvalue weighted by atomic mass is 16.5. The Bertz CT molecular complexity index is 2320. The van der Waals surface area contributed by atoms with E-state index in [1.807, 2.05) is 122 Å². The van der Waals surface area contributed by atoms with Gasteiger partial charge in [-0.05, 0) is 82.9 Å². The van der Waals surface area contributed by atoms with Crippen LogP contribution in [0.2, 0.25) is 0 Å². The SMILES string of the molecule is COc1ccccc1NC(c1ccncc1)C(C(=O)C(c1c[nH]c2ccccc12)C(Nc1ccccc1OC)c1ccncc1)c1c[nH]c2ccccc12. The van der Waals surface area contributed by atoms with Gasteiger partial charge in [-0.2, -0.15) is 0 Å². The van der Waals surface area contributed by atoms with Crippen molar-refractivity contribution in [2.45, 2.75) is 23.9 Å². The Balaban J connectivity index is 1.39. The number of H-pyrrole nitrogens is 2. The number of nitrogens with one attached hydrogen (secondary N) is 4. The zero-order valence-electron chi connectivity index (χ0n) is 29.9. The first-order valence-electron chi connectivity index (χ1n) is 17.9. The first-order chi connectivity index (χ1) is 26.6. The maximum atomic E-state index is 16.4. The number of methoxy groups -OCH3 is 2. The molecule has 9 nitrogen and oxygen atoms in total. The monoisotopic (exact) mass is 712 g/mol. The summed E-state index contributed by atoms with van der Waals surface area (Å²) in [6, 6.07) is 38.6. The molecule has 9 heteroatoms. The topological polar surface area (TPSA) is 117 Å². The van der Waals surface area contributed by atoms with Crippen molar-refractivity contribution in [1.29, 1.82) is 0 Å². The molecule has 4 unspecified atom stereocenters. The van der Waals surface area contributed by atoms with Gasteiger partial charge in [0, 0.05) is 59.0 Å². The highest BCUT2D eigenvalue weighted by Gasteiger charge is 2.42. The van der Waals surface area contributed by atoms with Gasteiger partial charge in [0.05, 0.1) is 49.5 Å². The molecule has 4 atom stereocenters. The van der Waals surface area contributed by atoms with Gasteiger partial charge >= 0.3 is 0 Å². The Morgan fingerprint density at radius 1 is 0.537 bits per heavy atom. The molecule has 4 heterocycles. The van der Waals surface area contributed by atoms with Crippen molar-refractivity contribution in [2.75, 3.05) is 24.9 Å². The third-order valence-corrected chi connectivity index (χ3v) is 10.2. The number of anilines is 2. The summed E-state index contributed by atoms with van der Waals surface area (Å²) in [6.07, 6.45) is 11.0. The Morgan fingerprint density at radius 3 is 1.35 bits per heavy atom. The molecule has 0 spiro atoms. The van der Waals surface area contributed by atoms with Crippen molar-refractivity contribution in [3.8, 4) is 11.5 Å². The number of aromatic nitrogens is 4. The lowest BCUT2D eigenvalue weighted by atomic mass is 9.73. The predicted molar refractivity (Wildman–Crippen MR) is 214 cm³/mol. The van der Waals surface area contributed by atoms with Gasteiger partial charge in [0.1, 0.15) is 11.5 Å².